The molecule has 0 saturated heterocycles. The summed E-state index contributed by atoms with van der Waals surface area (Å²) >= 11 is 0. The monoisotopic (exact) mass is 261 g/mol. The maximum atomic E-state index is 12.0. The van der Waals surface area contributed by atoms with E-state index in [2.05, 4.69) is 10.4 Å². The van der Waals surface area contributed by atoms with E-state index in [0.717, 1.165) is 6.42 Å². The molecule has 19 heavy (non-hydrogen) atoms. The molecule has 1 N–H and O–H groups in total. The number of hydrogen-bond acceptors (Lipinski definition) is 3. The quantitative estimate of drug-likeness (QED) is 0.899. The van der Waals surface area contributed by atoms with Crippen LogP contribution < -0.4 is 5.32 Å². The number of amides is 1. The molecule has 0 aliphatic rings. The molecule has 5 nitrogen and oxygen atoms in total. The average molecular weight is 261 g/mol. The van der Waals surface area contributed by atoms with Crippen LogP contribution in [0.25, 0.3) is 0 Å². The molecule has 0 saturated carbocycles. The van der Waals surface area contributed by atoms with Crippen LogP contribution in [0.2, 0.25) is 0 Å². The average Bonchev–Trinajstić information content (AvgIpc) is 3.00. The number of nitrogens with zero attached hydrogens (tertiary/aromatic N) is 2. The highest BCUT2D eigenvalue weighted by Crippen LogP contribution is 2.12. The highest BCUT2D eigenvalue weighted by molar-refractivity contribution is 5.91. The number of aromatic nitrogens is 2. The fourth-order valence-corrected chi connectivity index (χ4v) is 1.60. The highest BCUT2D eigenvalue weighted by Gasteiger charge is 2.20. The molecular weight excluding hydrogens is 242 g/mol. The molecule has 0 bridgehead atoms. The van der Waals surface area contributed by atoms with Gasteiger partial charge in [-0.05, 0) is 38.5 Å². The Morgan fingerprint density at radius 2 is 2.26 bits per heavy atom. The second kappa shape index (κ2) is 5.30. The Morgan fingerprint density at radius 1 is 1.47 bits per heavy atom. The molecule has 2 aromatic rings. The number of carbonyl (C=O) groups excluding carboxylic acids is 1. The first-order chi connectivity index (χ1) is 9.00. The predicted octanol–water partition coefficient (Wildman–Crippen LogP) is 2.44. The molecule has 0 aliphatic carbocycles. The van der Waals surface area contributed by atoms with E-state index in [1.54, 1.807) is 23.0 Å². The zero-order valence-electron chi connectivity index (χ0n) is 11.5. The largest absolute Gasteiger partial charge is 0.454 e. The van der Waals surface area contributed by atoms with Crippen molar-refractivity contribution in [1.82, 2.24) is 15.1 Å². The molecule has 2 heterocycles. The van der Waals surface area contributed by atoms with Crippen LogP contribution in [0, 0.1) is 0 Å². The van der Waals surface area contributed by atoms with Crippen LogP contribution in [0.5, 0.6) is 0 Å². The Balaban J connectivity index is 2.02. The highest BCUT2D eigenvalue weighted by atomic mass is 16.4. The molecular formula is C14H19N3O2. The van der Waals surface area contributed by atoms with Gasteiger partial charge in [-0.15, -0.1) is 0 Å². The van der Waals surface area contributed by atoms with Gasteiger partial charge in [-0.2, -0.15) is 5.10 Å². The molecule has 0 aromatic carbocycles. The summed E-state index contributed by atoms with van der Waals surface area (Å²) in [5.74, 6) is 0.866. The molecule has 1 amide bonds. The van der Waals surface area contributed by atoms with Crippen molar-refractivity contribution in [2.45, 2.75) is 39.3 Å². The van der Waals surface area contributed by atoms with E-state index >= 15 is 0 Å². The van der Waals surface area contributed by atoms with Gasteiger partial charge in [0.1, 0.15) is 5.76 Å². The van der Waals surface area contributed by atoms with Gasteiger partial charge in [0, 0.05) is 17.9 Å². The zero-order valence-corrected chi connectivity index (χ0v) is 11.5. The lowest BCUT2D eigenvalue weighted by molar-refractivity contribution is 0.0880. The lowest BCUT2D eigenvalue weighted by atomic mass is 10.0. The van der Waals surface area contributed by atoms with Crippen molar-refractivity contribution in [2.75, 3.05) is 0 Å². The van der Waals surface area contributed by atoms with E-state index in [1.807, 2.05) is 33.0 Å². The Morgan fingerprint density at radius 3 is 2.89 bits per heavy atom. The summed E-state index contributed by atoms with van der Waals surface area (Å²) in [5, 5.41) is 7.03. The summed E-state index contributed by atoms with van der Waals surface area (Å²) in [4.78, 5) is 12.0. The summed E-state index contributed by atoms with van der Waals surface area (Å²) in [6.45, 7) is 6.53. The first kappa shape index (κ1) is 13.4. The van der Waals surface area contributed by atoms with E-state index < -0.39 is 0 Å². The minimum Gasteiger partial charge on any atom is -0.454 e. The van der Waals surface area contributed by atoms with Crippen molar-refractivity contribution in [3.63, 3.8) is 0 Å². The first-order valence-electron chi connectivity index (χ1n) is 6.39. The van der Waals surface area contributed by atoms with Crippen LogP contribution in [-0.2, 0) is 6.54 Å². The molecule has 0 atom stereocenters. The molecule has 0 unspecified atom stereocenters. The standard InChI is InChI=1S/C14H19N3O2/c1-4-14(2,3)16-13(18)12-7-6-11(19-12)10-17-9-5-8-15-17/h5-9H,4,10H2,1-3H3,(H,16,18). The van der Waals surface area contributed by atoms with Crippen molar-refractivity contribution in [3.8, 4) is 0 Å². The molecule has 2 aromatic heterocycles. The zero-order chi connectivity index (χ0) is 13.9. The van der Waals surface area contributed by atoms with Gasteiger partial charge in [0.2, 0.25) is 0 Å². The van der Waals surface area contributed by atoms with Gasteiger partial charge in [0.05, 0.1) is 6.54 Å². The minimum atomic E-state index is -0.230. The molecule has 2 rings (SSSR count). The van der Waals surface area contributed by atoms with Crippen LogP contribution in [0.4, 0.5) is 0 Å². The Kier molecular flexibility index (Phi) is 3.74. The van der Waals surface area contributed by atoms with Crippen LogP contribution in [0.3, 0.4) is 0 Å². The fraction of sp³-hybridized carbons (Fsp3) is 0.429. The summed E-state index contributed by atoms with van der Waals surface area (Å²) in [7, 11) is 0. The third-order valence-corrected chi connectivity index (χ3v) is 3.10. The van der Waals surface area contributed by atoms with Crippen molar-refractivity contribution < 1.29 is 9.21 Å². The van der Waals surface area contributed by atoms with E-state index in [1.165, 1.54) is 0 Å². The molecule has 0 aliphatic heterocycles. The van der Waals surface area contributed by atoms with Crippen molar-refractivity contribution in [2.24, 2.45) is 0 Å². The Labute approximate surface area is 112 Å². The van der Waals surface area contributed by atoms with Gasteiger partial charge in [-0.25, -0.2) is 0 Å². The van der Waals surface area contributed by atoms with Crippen molar-refractivity contribution in [1.29, 1.82) is 0 Å². The van der Waals surface area contributed by atoms with Gasteiger partial charge in [-0.1, -0.05) is 6.92 Å². The molecule has 0 spiro atoms. The third-order valence-electron chi connectivity index (χ3n) is 3.10. The first-order valence-corrected chi connectivity index (χ1v) is 6.39. The lowest BCUT2D eigenvalue weighted by Gasteiger charge is -2.23. The topological polar surface area (TPSA) is 60.1 Å². The van der Waals surface area contributed by atoms with E-state index in [-0.39, 0.29) is 11.4 Å². The number of carbonyl (C=O) groups is 1. The second-order valence-corrected chi connectivity index (χ2v) is 5.16. The van der Waals surface area contributed by atoms with Crippen molar-refractivity contribution in [3.05, 3.63) is 42.1 Å². The molecule has 0 fully saturated rings. The second-order valence-electron chi connectivity index (χ2n) is 5.16. The number of rotatable bonds is 5. The molecule has 0 radical (unpaired) electrons. The van der Waals surface area contributed by atoms with Gasteiger partial charge in [0.15, 0.2) is 5.76 Å². The smallest absolute Gasteiger partial charge is 0.287 e. The van der Waals surface area contributed by atoms with Crippen LogP contribution >= 0.6 is 0 Å². The minimum absolute atomic E-state index is 0.182. The Hall–Kier alpha value is -2.04. The molecule has 5 heteroatoms. The van der Waals surface area contributed by atoms with Crippen LogP contribution in [0.15, 0.2) is 35.0 Å². The summed E-state index contributed by atoms with van der Waals surface area (Å²) in [6.07, 6.45) is 4.42. The van der Waals surface area contributed by atoms with Crippen LogP contribution in [-0.4, -0.2) is 21.2 Å². The maximum absolute atomic E-state index is 12.0. The van der Waals surface area contributed by atoms with E-state index in [4.69, 9.17) is 4.42 Å². The van der Waals surface area contributed by atoms with Crippen LogP contribution in [0.1, 0.15) is 43.5 Å². The van der Waals surface area contributed by atoms with E-state index in [0.29, 0.717) is 18.1 Å². The SMILES string of the molecule is CCC(C)(C)NC(=O)c1ccc(Cn2cccn2)o1. The van der Waals surface area contributed by atoms with Gasteiger partial charge in [-0.3, -0.25) is 9.48 Å². The summed E-state index contributed by atoms with van der Waals surface area (Å²) in [6, 6.07) is 5.34. The number of furan rings is 1. The maximum Gasteiger partial charge on any atom is 0.287 e. The van der Waals surface area contributed by atoms with E-state index in [9.17, 15) is 4.79 Å². The Bertz CT molecular complexity index is 541. The lowest BCUT2D eigenvalue weighted by Crippen LogP contribution is -2.42. The van der Waals surface area contributed by atoms with Crippen molar-refractivity contribution >= 4 is 5.91 Å². The fourth-order valence-electron chi connectivity index (χ4n) is 1.60. The number of hydrogen-bond donors (Lipinski definition) is 1. The summed E-state index contributed by atoms with van der Waals surface area (Å²) in [5.41, 5.74) is -0.230. The summed E-state index contributed by atoms with van der Waals surface area (Å²) < 4.78 is 7.28. The normalized spacial score (nSPS) is 11.5. The number of nitrogens with one attached hydrogen (secondary N) is 1. The van der Waals surface area contributed by atoms with Gasteiger partial charge in [0.25, 0.3) is 5.91 Å². The predicted molar refractivity (Wildman–Crippen MR) is 71.9 cm³/mol. The third kappa shape index (κ3) is 3.47. The molecule has 102 valence electrons. The van der Waals surface area contributed by atoms with Gasteiger partial charge < -0.3 is 9.73 Å². The van der Waals surface area contributed by atoms with Gasteiger partial charge >= 0.3 is 0 Å².